The maximum absolute atomic E-state index is 13.3. The van der Waals surface area contributed by atoms with Crippen LogP contribution in [0.1, 0.15) is 51.8 Å². The van der Waals surface area contributed by atoms with E-state index in [1.807, 2.05) is 51.1 Å². The van der Waals surface area contributed by atoms with Gasteiger partial charge in [-0.2, -0.15) is 0 Å². The zero-order valence-electron chi connectivity index (χ0n) is 21.0. The molecule has 1 saturated heterocycles. The van der Waals surface area contributed by atoms with Crippen molar-refractivity contribution < 1.29 is 28.9 Å². The van der Waals surface area contributed by atoms with Crippen LogP contribution in [0.3, 0.4) is 0 Å². The molecule has 4 atom stereocenters. The molecule has 1 unspecified atom stereocenters. The number of carbonyl (C=O) groups is 2. The minimum absolute atomic E-state index is 0.129. The monoisotopic (exact) mass is 503 g/mol. The Labute approximate surface area is 211 Å². The van der Waals surface area contributed by atoms with E-state index in [1.54, 1.807) is 39.2 Å². The number of carboxylic acids is 1. The zero-order valence-corrected chi connectivity index (χ0v) is 21.8. The molecule has 1 amide bonds. The van der Waals surface area contributed by atoms with Gasteiger partial charge in [0.05, 0.1) is 32.0 Å². The highest BCUT2D eigenvalue weighted by molar-refractivity contribution is 6.30. The molecule has 0 aromatic heterocycles. The molecule has 1 aliphatic heterocycles. The van der Waals surface area contributed by atoms with Crippen molar-refractivity contribution in [3.05, 3.63) is 64.7 Å². The van der Waals surface area contributed by atoms with Gasteiger partial charge in [0.15, 0.2) is 0 Å². The summed E-state index contributed by atoms with van der Waals surface area (Å²) in [5, 5.41) is 10.9. The molecule has 2 aromatic rings. The van der Waals surface area contributed by atoms with Gasteiger partial charge < -0.3 is 19.3 Å². The Hall–Kier alpha value is -2.77. The highest BCUT2D eigenvalue weighted by Crippen LogP contribution is 2.50. The van der Waals surface area contributed by atoms with Gasteiger partial charge in [0.1, 0.15) is 11.8 Å². The second kappa shape index (κ2) is 10.9. The van der Waals surface area contributed by atoms with Crippen LogP contribution in [0.2, 0.25) is 5.02 Å². The quantitative estimate of drug-likeness (QED) is 0.502. The number of rotatable bonds is 7. The number of benzene rings is 2. The summed E-state index contributed by atoms with van der Waals surface area (Å²) >= 11 is 6.21. The maximum Gasteiger partial charge on any atom is 0.411 e. The van der Waals surface area contributed by atoms with Gasteiger partial charge >= 0.3 is 12.1 Å². The van der Waals surface area contributed by atoms with Gasteiger partial charge in [-0.25, -0.2) is 9.59 Å². The van der Waals surface area contributed by atoms with E-state index >= 15 is 0 Å². The molecule has 0 spiro atoms. The molecule has 2 aromatic carbocycles. The Morgan fingerprint density at radius 2 is 1.77 bits per heavy atom. The number of carbonyl (C=O) groups excluding carboxylic acids is 1. The number of hydrogen-bond acceptors (Lipinski definition) is 5. The number of hydrogen-bond donors (Lipinski definition) is 1. The number of carboxylic acid groups (broad SMARTS) is 1. The highest BCUT2D eigenvalue weighted by Gasteiger charge is 2.59. The molecule has 0 bridgehead atoms. The normalized spacial score (nSPS) is 22.3. The van der Waals surface area contributed by atoms with Crippen LogP contribution in [0.25, 0.3) is 0 Å². The highest BCUT2D eigenvalue weighted by atomic mass is 35.5. The standard InChI is InChI=1S/C27H34ClNO6/c1-16(2)35-26(32)29-22(17-10-8-7-9-11-17)24(21(27(3,4)5)23(29)25(30)31)34-15-18-14-19(28)12-13-20(18)33-6/h7-14,16,21-24H,15H2,1-6H3,(H,30,31)/t21-,22+,23+,24?/m0/s1. The van der Waals surface area contributed by atoms with Gasteiger partial charge in [-0.3, -0.25) is 4.90 Å². The largest absolute Gasteiger partial charge is 0.496 e. The summed E-state index contributed by atoms with van der Waals surface area (Å²) in [7, 11) is 1.57. The number of ether oxygens (including phenoxy) is 3. The first-order chi connectivity index (χ1) is 16.5. The van der Waals surface area contributed by atoms with Gasteiger partial charge in [0.25, 0.3) is 0 Å². The van der Waals surface area contributed by atoms with Crippen LogP contribution < -0.4 is 4.74 Å². The molecule has 1 aliphatic rings. The summed E-state index contributed by atoms with van der Waals surface area (Å²) < 4.78 is 17.5. The number of halogens is 1. The molecular formula is C27H34ClNO6. The average Bonchev–Trinajstić information content (AvgIpc) is 3.14. The SMILES string of the molecule is COc1ccc(Cl)cc1COC1[C@@H](c2ccccc2)N(C(=O)OC(C)C)[C@@H](C(=O)O)[C@@H]1C(C)(C)C. The predicted octanol–water partition coefficient (Wildman–Crippen LogP) is 5.95. The lowest BCUT2D eigenvalue weighted by molar-refractivity contribution is -0.145. The topological polar surface area (TPSA) is 85.3 Å². The Morgan fingerprint density at radius 3 is 2.31 bits per heavy atom. The molecule has 1 heterocycles. The van der Waals surface area contributed by atoms with E-state index in [-0.39, 0.29) is 6.61 Å². The van der Waals surface area contributed by atoms with E-state index in [1.165, 1.54) is 4.90 Å². The van der Waals surface area contributed by atoms with Crippen molar-refractivity contribution in [1.29, 1.82) is 0 Å². The first-order valence-corrected chi connectivity index (χ1v) is 12.0. The van der Waals surface area contributed by atoms with Gasteiger partial charge in [-0.1, -0.05) is 62.7 Å². The second-order valence-electron chi connectivity index (χ2n) is 10.1. The molecule has 1 fully saturated rings. The maximum atomic E-state index is 13.3. The van der Waals surface area contributed by atoms with Crippen LogP contribution >= 0.6 is 11.6 Å². The molecular weight excluding hydrogens is 470 g/mol. The van der Waals surface area contributed by atoms with Crippen LogP contribution in [-0.2, 0) is 20.9 Å². The van der Waals surface area contributed by atoms with Crippen molar-refractivity contribution >= 4 is 23.7 Å². The Kier molecular flexibility index (Phi) is 8.34. The Morgan fingerprint density at radius 1 is 1.11 bits per heavy atom. The molecule has 0 saturated carbocycles. The number of amides is 1. The third-order valence-electron chi connectivity index (χ3n) is 6.22. The van der Waals surface area contributed by atoms with Crippen molar-refractivity contribution in [3.63, 3.8) is 0 Å². The summed E-state index contributed by atoms with van der Waals surface area (Å²) in [6.45, 7) is 9.49. The van der Waals surface area contributed by atoms with Gasteiger partial charge in [0.2, 0.25) is 0 Å². The molecule has 0 aliphatic carbocycles. The van der Waals surface area contributed by atoms with Crippen molar-refractivity contribution in [2.75, 3.05) is 7.11 Å². The first-order valence-electron chi connectivity index (χ1n) is 11.7. The van der Waals surface area contributed by atoms with E-state index in [4.69, 9.17) is 25.8 Å². The summed E-state index contributed by atoms with van der Waals surface area (Å²) in [4.78, 5) is 27.3. The van der Waals surface area contributed by atoms with E-state index in [0.29, 0.717) is 10.8 Å². The molecule has 1 N–H and O–H groups in total. The third kappa shape index (κ3) is 5.90. The van der Waals surface area contributed by atoms with Gasteiger partial charge in [-0.15, -0.1) is 0 Å². The number of methoxy groups -OCH3 is 1. The molecule has 3 rings (SSSR count). The Bertz CT molecular complexity index is 1040. The Balaban J connectivity index is 2.13. The van der Waals surface area contributed by atoms with Crippen molar-refractivity contribution in [2.24, 2.45) is 11.3 Å². The van der Waals surface area contributed by atoms with Crippen LogP contribution in [0.15, 0.2) is 48.5 Å². The first kappa shape index (κ1) is 26.8. The van der Waals surface area contributed by atoms with Crippen molar-refractivity contribution in [3.8, 4) is 5.75 Å². The number of likely N-dealkylation sites (tertiary alicyclic amines) is 1. The summed E-state index contributed by atoms with van der Waals surface area (Å²) in [5.74, 6) is -1.02. The summed E-state index contributed by atoms with van der Waals surface area (Å²) in [5.41, 5.74) is 0.996. The third-order valence-corrected chi connectivity index (χ3v) is 6.45. The smallest absolute Gasteiger partial charge is 0.411 e. The lowest BCUT2D eigenvalue weighted by atomic mass is 9.73. The zero-order chi connectivity index (χ0) is 25.9. The predicted molar refractivity (Wildman–Crippen MR) is 134 cm³/mol. The van der Waals surface area contributed by atoms with Crippen LogP contribution in [0.5, 0.6) is 5.75 Å². The lowest BCUT2D eigenvalue weighted by Crippen LogP contribution is -2.47. The number of aliphatic carboxylic acids is 1. The number of nitrogens with zero attached hydrogens (tertiary/aromatic N) is 1. The van der Waals surface area contributed by atoms with E-state index in [2.05, 4.69) is 0 Å². The molecule has 190 valence electrons. The van der Waals surface area contributed by atoms with Gasteiger partial charge in [-0.05, 0) is 43.0 Å². The van der Waals surface area contributed by atoms with E-state index in [9.17, 15) is 14.7 Å². The fourth-order valence-electron chi connectivity index (χ4n) is 4.85. The fourth-order valence-corrected chi connectivity index (χ4v) is 5.04. The van der Waals surface area contributed by atoms with Crippen molar-refractivity contribution in [1.82, 2.24) is 4.90 Å². The van der Waals surface area contributed by atoms with E-state index < -0.39 is 47.7 Å². The second-order valence-corrected chi connectivity index (χ2v) is 10.5. The minimum atomic E-state index is -1.14. The molecule has 0 radical (unpaired) electrons. The summed E-state index contributed by atoms with van der Waals surface area (Å²) in [6, 6.07) is 12.8. The van der Waals surface area contributed by atoms with Crippen LogP contribution in [0.4, 0.5) is 4.79 Å². The summed E-state index contributed by atoms with van der Waals surface area (Å²) in [6.07, 6.45) is -1.72. The average molecular weight is 504 g/mol. The molecule has 8 heteroatoms. The lowest BCUT2D eigenvalue weighted by Gasteiger charge is -2.34. The molecule has 35 heavy (non-hydrogen) atoms. The minimum Gasteiger partial charge on any atom is -0.496 e. The molecule has 7 nitrogen and oxygen atoms in total. The van der Waals surface area contributed by atoms with Crippen molar-refractivity contribution in [2.45, 2.75) is 65.5 Å². The van der Waals surface area contributed by atoms with Crippen LogP contribution in [-0.4, -0.2) is 47.4 Å². The van der Waals surface area contributed by atoms with E-state index in [0.717, 1.165) is 11.1 Å². The van der Waals surface area contributed by atoms with Crippen LogP contribution in [0, 0.1) is 11.3 Å². The fraction of sp³-hybridized carbons (Fsp3) is 0.481. The van der Waals surface area contributed by atoms with Gasteiger partial charge in [0, 0.05) is 16.5 Å².